The predicted molar refractivity (Wildman–Crippen MR) is 80.4 cm³/mol. The SMILES string of the molecule is CC[C@@H](C)[C@H]([NH3+])c1nnc(SCc2ccc(Cl)cc2)o1. The third-order valence-corrected chi connectivity index (χ3v) is 4.49. The first-order valence-electron chi connectivity index (χ1n) is 6.64. The van der Waals surface area contributed by atoms with Gasteiger partial charge in [0.25, 0.3) is 11.1 Å². The van der Waals surface area contributed by atoms with Gasteiger partial charge in [-0.15, -0.1) is 10.2 Å². The second-order valence-corrected chi connectivity index (χ2v) is 6.18. The lowest BCUT2D eigenvalue weighted by molar-refractivity contribution is -0.444. The molecule has 2 rings (SSSR count). The van der Waals surface area contributed by atoms with Gasteiger partial charge in [-0.05, 0) is 24.1 Å². The molecule has 4 nitrogen and oxygen atoms in total. The van der Waals surface area contributed by atoms with Crippen LogP contribution in [-0.2, 0) is 5.75 Å². The molecule has 0 fully saturated rings. The lowest BCUT2D eigenvalue weighted by atomic mass is 10.0. The highest BCUT2D eigenvalue weighted by atomic mass is 35.5. The van der Waals surface area contributed by atoms with Gasteiger partial charge in [0.1, 0.15) is 0 Å². The van der Waals surface area contributed by atoms with Gasteiger partial charge in [0.05, 0.1) is 0 Å². The minimum absolute atomic E-state index is 0.0531. The van der Waals surface area contributed by atoms with E-state index >= 15 is 0 Å². The zero-order valence-corrected chi connectivity index (χ0v) is 13.2. The Kier molecular flexibility index (Phi) is 5.46. The number of thioether (sulfide) groups is 1. The van der Waals surface area contributed by atoms with E-state index in [0.29, 0.717) is 17.0 Å². The molecule has 0 aliphatic rings. The maximum absolute atomic E-state index is 5.86. The number of quaternary nitrogens is 1. The molecule has 1 aromatic heterocycles. The quantitative estimate of drug-likeness (QED) is 0.831. The fourth-order valence-corrected chi connectivity index (χ4v) is 2.53. The number of nitrogens with zero attached hydrogens (tertiary/aromatic N) is 2. The van der Waals surface area contributed by atoms with E-state index in [1.807, 2.05) is 24.3 Å². The van der Waals surface area contributed by atoms with Gasteiger partial charge in [-0.25, -0.2) is 0 Å². The molecular weight excluding hydrogens is 294 g/mol. The Morgan fingerprint density at radius 1 is 1.30 bits per heavy atom. The van der Waals surface area contributed by atoms with Crippen LogP contribution in [0.5, 0.6) is 0 Å². The first kappa shape index (κ1) is 15.4. The number of aromatic nitrogens is 2. The van der Waals surface area contributed by atoms with E-state index < -0.39 is 0 Å². The number of hydrogen-bond acceptors (Lipinski definition) is 4. The van der Waals surface area contributed by atoms with Crippen molar-refractivity contribution in [3.05, 3.63) is 40.7 Å². The fourth-order valence-electron chi connectivity index (χ4n) is 1.68. The van der Waals surface area contributed by atoms with Crippen molar-refractivity contribution in [2.24, 2.45) is 5.92 Å². The molecule has 0 unspecified atom stereocenters. The first-order chi connectivity index (χ1) is 9.60. The molecule has 6 heteroatoms. The molecule has 108 valence electrons. The maximum atomic E-state index is 5.86. The van der Waals surface area contributed by atoms with Gasteiger partial charge in [0.15, 0.2) is 6.04 Å². The Bertz CT molecular complexity index is 544. The Morgan fingerprint density at radius 2 is 2.00 bits per heavy atom. The molecule has 0 radical (unpaired) electrons. The molecule has 0 bridgehead atoms. The smallest absolute Gasteiger partial charge is 0.277 e. The maximum Gasteiger partial charge on any atom is 0.277 e. The second kappa shape index (κ2) is 7.11. The van der Waals surface area contributed by atoms with E-state index in [-0.39, 0.29) is 6.04 Å². The molecule has 0 aliphatic carbocycles. The average Bonchev–Trinajstić information content (AvgIpc) is 2.94. The van der Waals surface area contributed by atoms with E-state index in [1.165, 1.54) is 17.3 Å². The summed E-state index contributed by atoms with van der Waals surface area (Å²) in [5, 5.41) is 9.49. The second-order valence-electron chi connectivity index (χ2n) is 4.81. The molecule has 2 aromatic rings. The standard InChI is InChI=1S/C14H18ClN3OS/c1-3-9(2)12(16)13-17-18-14(19-13)20-8-10-4-6-11(15)7-5-10/h4-7,9,12H,3,8,16H2,1-2H3/p+1/t9-,12+/m1/s1. The van der Waals surface area contributed by atoms with E-state index in [2.05, 4.69) is 29.8 Å². The van der Waals surface area contributed by atoms with Crippen LogP contribution in [-0.4, -0.2) is 10.2 Å². The summed E-state index contributed by atoms with van der Waals surface area (Å²) in [6, 6.07) is 7.81. The van der Waals surface area contributed by atoms with Gasteiger partial charge in [-0.3, -0.25) is 0 Å². The van der Waals surface area contributed by atoms with Gasteiger partial charge in [-0.1, -0.05) is 49.3 Å². The van der Waals surface area contributed by atoms with Crippen LogP contribution in [0, 0.1) is 5.92 Å². The third kappa shape index (κ3) is 3.98. The highest BCUT2D eigenvalue weighted by Gasteiger charge is 2.23. The largest absolute Gasteiger partial charge is 0.410 e. The van der Waals surface area contributed by atoms with Crippen LogP contribution in [0.3, 0.4) is 0 Å². The van der Waals surface area contributed by atoms with Crippen molar-refractivity contribution in [1.29, 1.82) is 0 Å². The highest BCUT2D eigenvalue weighted by Crippen LogP contribution is 2.25. The van der Waals surface area contributed by atoms with Crippen LogP contribution in [0.15, 0.2) is 33.9 Å². The zero-order chi connectivity index (χ0) is 14.5. The Morgan fingerprint density at radius 3 is 2.65 bits per heavy atom. The van der Waals surface area contributed by atoms with Gasteiger partial charge >= 0.3 is 0 Å². The molecule has 0 saturated carbocycles. The molecule has 0 spiro atoms. The average molecular weight is 313 g/mol. The summed E-state index contributed by atoms with van der Waals surface area (Å²) in [5.74, 6) is 1.84. The lowest BCUT2D eigenvalue weighted by Gasteiger charge is -2.09. The van der Waals surface area contributed by atoms with E-state index in [0.717, 1.165) is 17.2 Å². The normalized spacial score (nSPS) is 14.2. The summed E-state index contributed by atoms with van der Waals surface area (Å²) in [5.41, 5.74) is 5.27. The van der Waals surface area contributed by atoms with Crippen molar-refractivity contribution in [3.8, 4) is 0 Å². The number of benzene rings is 1. The van der Waals surface area contributed by atoms with Crippen molar-refractivity contribution in [3.63, 3.8) is 0 Å². The first-order valence-corrected chi connectivity index (χ1v) is 8.00. The zero-order valence-electron chi connectivity index (χ0n) is 11.7. The van der Waals surface area contributed by atoms with Gasteiger partial charge in [-0.2, -0.15) is 0 Å². The lowest BCUT2D eigenvalue weighted by Crippen LogP contribution is -2.56. The minimum Gasteiger partial charge on any atom is -0.410 e. The molecule has 1 aromatic carbocycles. The van der Waals surface area contributed by atoms with Crippen molar-refractivity contribution in [2.45, 2.75) is 37.3 Å². The van der Waals surface area contributed by atoms with Crippen molar-refractivity contribution >= 4 is 23.4 Å². The predicted octanol–water partition coefficient (Wildman–Crippen LogP) is 3.34. The number of hydrogen-bond donors (Lipinski definition) is 1. The third-order valence-electron chi connectivity index (χ3n) is 3.35. The van der Waals surface area contributed by atoms with Crippen LogP contribution < -0.4 is 5.73 Å². The summed E-state index contributed by atoms with van der Waals surface area (Å²) in [7, 11) is 0. The summed E-state index contributed by atoms with van der Waals surface area (Å²) in [6.45, 7) is 4.28. The van der Waals surface area contributed by atoms with E-state index in [1.54, 1.807) is 0 Å². The minimum atomic E-state index is 0.0531. The van der Waals surface area contributed by atoms with Crippen molar-refractivity contribution < 1.29 is 10.2 Å². The summed E-state index contributed by atoms with van der Waals surface area (Å²) >= 11 is 7.38. The molecule has 0 aliphatic heterocycles. The van der Waals surface area contributed by atoms with Gasteiger partial charge in [0, 0.05) is 16.7 Å². The van der Waals surface area contributed by atoms with Gasteiger partial charge < -0.3 is 10.2 Å². The molecule has 2 atom stereocenters. The fraction of sp³-hybridized carbons (Fsp3) is 0.429. The van der Waals surface area contributed by atoms with E-state index in [4.69, 9.17) is 16.0 Å². The molecule has 0 amide bonds. The Hall–Kier alpha value is -1.04. The summed E-state index contributed by atoms with van der Waals surface area (Å²) < 4.78 is 5.67. The van der Waals surface area contributed by atoms with Crippen LogP contribution >= 0.6 is 23.4 Å². The van der Waals surface area contributed by atoms with Crippen LogP contribution in [0.25, 0.3) is 0 Å². The van der Waals surface area contributed by atoms with Crippen molar-refractivity contribution in [2.75, 3.05) is 0 Å². The van der Waals surface area contributed by atoms with Crippen LogP contribution in [0.4, 0.5) is 0 Å². The Balaban J connectivity index is 1.94. The molecule has 20 heavy (non-hydrogen) atoms. The van der Waals surface area contributed by atoms with Crippen LogP contribution in [0.1, 0.15) is 37.8 Å². The monoisotopic (exact) mass is 312 g/mol. The highest BCUT2D eigenvalue weighted by molar-refractivity contribution is 7.98. The molecular formula is C14H19ClN3OS+. The number of rotatable bonds is 6. The van der Waals surface area contributed by atoms with E-state index in [9.17, 15) is 0 Å². The molecule has 0 saturated heterocycles. The molecule has 1 heterocycles. The molecule has 3 N–H and O–H groups in total. The van der Waals surface area contributed by atoms with Gasteiger partial charge in [0.2, 0.25) is 0 Å². The summed E-state index contributed by atoms with van der Waals surface area (Å²) in [6.07, 6.45) is 1.05. The number of halogens is 1. The topological polar surface area (TPSA) is 66.6 Å². The van der Waals surface area contributed by atoms with Crippen LogP contribution in [0.2, 0.25) is 5.02 Å². The van der Waals surface area contributed by atoms with Crippen molar-refractivity contribution in [1.82, 2.24) is 10.2 Å². The Labute approximate surface area is 128 Å². The summed E-state index contributed by atoms with van der Waals surface area (Å²) in [4.78, 5) is 0.